The van der Waals surface area contributed by atoms with Crippen molar-refractivity contribution in [2.45, 2.75) is 25.1 Å². The van der Waals surface area contributed by atoms with E-state index in [0.717, 1.165) is 5.56 Å². The number of urea groups is 1. The van der Waals surface area contributed by atoms with E-state index < -0.39 is 5.54 Å². The van der Waals surface area contributed by atoms with Crippen molar-refractivity contribution in [3.8, 4) is 0 Å². The largest absolute Gasteiger partial charge is 0.325 e. The van der Waals surface area contributed by atoms with Crippen molar-refractivity contribution in [3.63, 3.8) is 0 Å². The Morgan fingerprint density at radius 2 is 1.86 bits per heavy atom. The summed E-state index contributed by atoms with van der Waals surface area (Å²) in [4.78, 5) is 25.0. The smallest absolute Gasteiger partial charge is 0.324 e. The van der Waals surface area contributed by atoms with Crippen molar-refractivity contribution in [2.24, 2.45) is 0 Å². The maximum absolute atomic E-state index is 12.0. The zero-order valence-electron chi connectivity index (χ0n) is 11.8. The van der Waals surface area contributed by atoms with Crippen LogP contribution in [0.15, 0.2) is 18.2 Å². The summed E-state index contributed by atoms with van der Waals surface area (Å²) in [6.07, 6.45) is 0. The van der Waals surface area contributed by atoms with Crippen LogP contribution in [0.5, 0.6) is 0 Å². The Kier molecular flexibility index (Phi) is 5.07. The molecule has 1 aromatic carbocycles. The van der Waals surface area contributed by atoms with Gasteiger partial charge in [0.15, 0.2) is 0 Å². The molecule has 2 rings (SSSR count). The number of carbonyl (C=O) groups excluding carboxylic acids is 2. The standard InChI is InChI=1S/C14H16Cl2N2O2S/c1-14(2)12(19)18(13(20)17-14)6-7-21-8-9-10(15)4-3-5-11(9)16/h3-5H,6-8H2,1-2H3,(H,17,20). The van der Waals surface area contributed by atoms with Gasteiger partial charge in [0.25, 0.3) is 5.91 Å². The van der Waals surface area contributed by atoms with Gasteiger partial charge in [0.05, 0.1) is 0 Å². The monoisotopic (exact) mass is 346 g/mol. The number of halogens is 2. The van der Waals surface area contributed by atoms with Crippen molar-refractivity contribution in [1.29, 1.82) is 0 Å². The van der Waals surface area contributed by atoms with Crippen molar-refractivity contribution >= 4 is 46.9 Å². The van der Waals surface area contributed by atoms with Gasteiger partial charge in [-0.25, -0.2) is 4.79 Å². The Hall–Kier alpha value is -0.910. The van der Waals surface area contributed by atoms with Crippen LogP contribution in [0.25, 0.3) is 0 Å². The second-order valence-electron chi connectivity index (χ2n) is 5.26. The topological polar surface area (TPSA) is 49.4 Å². The van der Waals surface area contributed by atoms with Gasteiger partial charge in [-0.05, 0) is 31.5 Å². The molecule has 114 valence electrons. The Balaban J connectivity index is 1.86. The minimum Gasteiger partial charge on any atom is -0.324 e. The third-order valence-electron chi connectivity index (χ3n) is 3.21. The fraction of sp³-hybridized carbons (Fsp3) is 0.429. The van der Waals surface area contributed by atoms with Gasteiger partial charge in [0.1, 0.15) is 5.54 Å². The highest BCUT2D eigenvalue weighted by atomic mass is 35.5. The van der Waals surface area contributed by atoms with Gasteiger partial charge >= 0.3 is 6.03 Å². The predicted molar refractivity (Wildman–Crippen MR) is 86.9 cm³/mol. The van der Waals surface area contributed by atoms with Gasteiger partial charge in [0, 0.05) is 28.1 Å². The summed E-state index contributed by atoms with van der Waals surface area (Å²) in [6.45, 7) is 3.77. The molecule has 0 radical (unpaired) electrons. The lowest BCUT2D eigenvalue weighted by atomic mass is 10.1. The van der Waals surface area contributed by atoms with Gasteiger partial charge < -0.3 is 5.32 Å². The van der Waals surface area contributed by atoms with E-state index in [2.05, 4.69) is 5.32 Å². The lowest BCUT2D eigenvalue weighted by Crippen LogP contribution is -2.40. The molecule has 0 spiro atoms. The highest BCUT2D eigenvalue weighted by molar-refractivity contribution is 7.98. The molecule has 0 bridgehead atoms. The lowest BCUT2D eigenvalue weighted by molar-refractivity contribution is -0.130. The molecule has 1 N–H and O–H groups in total. The molecule has 1 heterocycles. The number of imide groups is 1. The summed E-state index contributed by atoms with van der Waals surface area (Å²) in [7, 11) is 0. The highest BCUT2D eigenvalue weighted by Crippen LogP contribution is 2.28. The van der Waals surface area contributed by atoms with Crippen molar-refractivity contribution in [1.82, 2.24) is 10.2 Å². The maximum Gasteiger partial charge on any atom is 0.325 e. The first-order chi connectivity index (χ1) is 9.83. The number of amides is 3. The number of carbonyl (C=O) groups is 2. The SMILES string of the molecule is CC1(C)NC(=O)N(CCSCc2c(Cl)cccc2Cl)C1=O. The van der Waals surface area contributed by atoms with Crippen molar-refractivity contribution in [3.05, 3.63) is 33.8 Å². The Labute approximate surface area is 138 Å². The number of hydrogen-bond acceptors (Lipinski definition) is 3. The summed E-state index contributed by atoms with van der Waals surface area (Å²) < 4.78 is 0. The number of nitrogens with zero attached hydrogens (tertiary/aromatic N) is 1. The quantitative estimate of drug-likeness (QED) is 0.655. The van der Waals surface area contributed by atoms with Crippen LogP contribution in [0, 0.1) is 0 Å². The van der Waals surface area contributed by atoms with Crippen molar-refractivity contribution in [2.75, 3.05) is 12.3 Å². The molecule has 0 unspecified atom stereocenters. The fourth-order valence-corrected chi connectivity index (χ4v) is 3.68. The number of thioether (sulfide) groups is 1. The number of rotatable bonds is 5. The van der Waals surface area contributed by atoms with Gasteiger partial charge in [-0.15, -0.1) is 0 Å². The summed E-state index contributed by atoms with van der Waals surface area (Å²) in [5, 5.41) is 3.92. The van der Waals surface area contributed by atoms with E-state index in [-0.39, 0.29) is 11.9 Å². The Bertz CT molecular complexity index is 558. The Morgan fingerprint density at radius 1 is 1.24 bits per heavy atom. The highest BCUT2D eigenvalue weighted by Gasteiger charge is 2.43. The van der Waals surface area contributed by atoms with Crippen LogP contribution in [0.2, 0.25) is 10.0 Å². The molecule has 1 fully saturated rings. The van der Waals surface area contributed by atoms with Gasteiger partial charge in [-0.2, -0.15) is 11.8 Å². The van der Waals surface area contributed by atoms with E-state index >= 15 is 0 Å². The molecular formula is C14H16Cl2N2O2S. The normalized spacial score (nSPS) is 17.2. The minimum atomic E-state index is -0.812. The van der Waals surface area contributed by atoms with Crippen LogP contribution >= 0.6 is 35.0 Å². The molecule has 0 saturated carbocycles. The minimum absolute atomic E-state index is 0.191. The first-order valence-electron chi connectivity index (χ1n) is 6.47. The summed E-state index contributed by atoms with van der Waals surface area (Å²) >= 11 is 13.8. The van der Waals surface area contributed by atoms with Crippen LogP contribution in [-0.2, 0) is 10.5 Å². The predicted octanol–water partition coefficient (Wildman–Crippen LogP) is 3.56. The molecule has 3 amide bonds. The van der Waals surface area contributed by atoms with Crippen LogP contribution in [0.1, 0.15) is 19.4 Å². The molecule has 1 saturated heterocycles. The third kappa shape index (κ3) is 3.65. The molecule has 4 nitrogen and oxygen atoms in total. The zero-order chi connectivity index (χ0) is 15.6. The average molecular weight is 347 g/mol. The van der Waals surface area contributed by atoms with Crippen LogP contribution < -0.4 is 5.32 Å². The lowest BCUT2D eigenvalue weighted by Gasteiger charge is -2.15. The van der Waals surface area contributed by atoms with Crippen LogP contribution in [0.4, 0.5) is 4.79 Å². The van der Waals surface area contributed by atoms with Crippen LogP contribution in [-0.4, -0.2) is 34.7 Å². The first kappa shape index (κ1) is 16.5. The average Bonchev–Trinajstić information content (AvgIpc) is 2.58. The first-order valence-corrected chi connectivity index (χ1v) is 8.39. The van der Waals surface area contributed by atoms with E-state index in [1.807, 2.05) is 0 Å². The summed E-state index contributed by atoms with van der Waals surface area (Å²) in [5.74, 6) is 1.09. The molecule has 21 heavy (non-hydrogen) atoms. The summed E-state index contributed by atoms with van der Waals surface area (Å²) in [5.41, 5.74) is 0.0664. The summed E-state index contributed by atoms with van der Waals surface area (Å²) in [6, 6.07) is 5.06. The second kappa shape index (κ2) is 6.46. The van der Waals surface area contributed by atoms with E-state index in [9.17, 15) is 9.59 Å². The zero-order valence-corrected chi connectivity index (χ0v) is 14.1. The molecule has 1 aliphatic rings. The molecule has 0 aliphatic carbocycles. The maximum atomic E-state index is 12.0. The molecule has 0 aromatic heterocycles. The molecule has 1 aromatic rings. The number of benzene rings is 1. The van der Waals surface area contributed by atoms with E-state index in [1.165, 1.54) is 4.90 Å². The van der Waals surface area contributed by atoms with E-state index in [1.54, 1.807) is 43.8 Å². The molecule has 7 heteroatoms. The van der Waals surface area contributed by atoms with E-state index in [0.29, 0.717) is 28.1 Å². The Morgan fingerprint density at radius 3 is 2.38 bits per heavy atom. The van der Waals surface area contributed by atoms with Gasteiger partial charge in [0.2, 0.25) is 0 Å². The van der Waals surface area contributed by atoms with Gasteiger partial charge in [-0.3, -0.25) is 9.69 Å². The molecule has 0 atom stereocenters. The number of hydrogen-bond donors (Lipinski definition) is 1. The second-order valence-corrected chi connectivity index (χ2v) is 7.18. The molecular weight excluding hydrogens is 331 g/mol. The van der Waals surface area contributed by atoms with Crippen LogP contribution in [0.3, 0.4) is 0 Å². The third-order valence-corrected chi connectivity index (χ3v) is 4.88. The van der Waals surface area contributed by atoms with E-state index in [4.69, 9.17) is 23.2 Å². The molecule has 1 aliphatic heterocycles. The fourth-order valence-electron chi connectivity index (χ4n) is 2.02. The number of nitrogens with one attached hydrogen (secondary N) is 1. The van der Waals surface area contributed by atoms with Gasteiger partial charge in [-0.1, -0.05) is 29.3 Å². The van der Waals surface area contributed by atoms with Crippen molar-refractivity contribution < 1.29 is 9.59 Å².